The van der Waals surface area contributed by atoms with E-state index >= 15 is 0 Å². The molecular weight excluding hydrogens is 276 g/mol. The van der Waals surface area contributed by atoms with Crippen molar-refractivity contribution in [2.75, 3.05) is 0 Å². The summed E-state index contributed by atoms with van der Waals surface area (Å²) in [7, 11) is 0. The van der Waals surface area contributed by atoms with Crippen molar-refractivity contribution in [3.63, 3.8) is 0 Å². The van der Waals surface area contributed by atoms with Crippen LogP contribution in [0, 0.1) is 6.92 Å². The highest BCUT2D eigenvalue weighted by atomic mass is 16.4. The molecule has 7 nitrogen and oxygen atoms in total. The van der Waals surface area contributed by atoms with Crippen LogP contribution in [0.1, 0.15) is 15.9 Å². The molecule has 3 aromatic rings. The van der Waals surface area contributed by atoms with E-state index in [2.05, 4.69) is 0 Å². The number of hydrogen-bond donors (Lipinski definition) is 2. The van der Waals surface area contributed by atoms with E-state index in [4.69, 9.17) is 14.7 Å². The van der Waals surface area contributed by atoms with E-state index in [-0.39, 0.29) is 16.5 Å². The Morgan fingerprint density at radius 3 is 2.57 bits per heavy atom. The quantitative estimate of drug-likeness (QED) is 0.225. The Morgan fingerprint density at radius 1 is 1.10 bits per heavy atom. The molecule has 0 saturated carbocycles. The van der Waals surface area contributed by atoms with Crippen molar-refractivity contribution in [2.24, 2.45) is 5.84 Å². The molecule has 2 aromatic heterocycles. The van der Waals surface area contributed by atoms with E-state index < -0.39 is 17.2 Å². The van der Waals surface area contributed by atoms with Crippen LogP contribution in [-0.4, -0.2) is 5.91 Å². The zero-order chi connectivity index (χ0) is 15.1. The molecule has 0 spiro atoms. The number of nitrogens with one attached hydrogen (secondary N) is 1. The number of benzene rings is 1. The first-order valence-corrected chi connectivity index (χ1v) is 6.03. The number of rotatable bonds is 1. The Labute approximate surface area is 116 Å². The van der Waals surface area contributed by atoms with Gasteiger partial charge in [0.25, 0.3) is 5.91 Å². The zero-order valence-electron chi connectivity index (χ0n) is 10.9. The zero-order valence-corrected chi connectivity index (χ0v) is 10.9. The number of carbonyl (C=O) groups excluding carboxylic acids is 1. The molecule has 2 heterocycles. The second kappa shape index (κ2) is 4.57. The van der Waals surface area contributed by atoms with Gasteiger partial charge in [0.15, 0.2) is 5.58 Å². The molecule has 0 unspecified atom stereocenters. The number of hydrazine groups is 1. The summed E-state index contributed by atoms with van der Waals surface area (Å²) in [6.45, 7) is 1.85. The van der Waals surface area contributed by atoms with Crippen LogP contribution in [0.3, 0.4) is 0 Å². The summed E-state index contributed by atoms with van der Waals surface area (Å²) in [6, 6.07) is 6.24. The van der Waals surface area contributed by atoms with Gasteiger partial charge in [-0.1, -0.05) is 11.6 Å². The number of nitrogens with two attached hydrogens (primary N) is 1. The van der Waals surface area contributed by atoms with Gasteiger partial charge in [-0.3, -0.25) is 10.2 Å². The predicted octanol–water partition coefficient (Wildman–Crippen LogP) is 0.811. The van der Waals surface area contributed by atoms with Crippen molar-refractivity contribution in [1.29, 1.82) is 0 Å². The van der Waals surface area contributed by atoms with Crippen LogP contribution in [-0.2, 0) is 0 Å². The third-order valence-electron chi connectivity index (χ3n) is 3.13. The maximum Gasteiger partial charge on any atom is 0.349 e. The molecule has 0 radical (unpaired) electrons. The number of aryl methyl sites for hydroxylation is 1. The number of hydrogen-bond acceptors (Lipinski definition) is 6. The summed E-state index contributed by atoms with van der Waals surface area (Å²) < 4.78 is 10.3. The van der Waals surface area contributed by atoms with Gasteiger partial charge in [-0.15, -0.1) is 0 Å². The Balaban J connectivity index is 2.51. The molecule has 0 aliphatic carbocycles. The van der Waals surface area contributed by atoms with Crippen molar-refractivity contribution in [1.82, 2.24) is 5.43 Å². The Kier molecular flexibility index (Phi) is 2.84. The first-order chi connectivity index (χ1) is 10.0. The highest BCUT2D eigenvalue weighted by Gasteiger charge is 2.17. The van der Waals surface area contributed by atoms with Crippen molar-refractivity contribution < 1.29 is 13.6 Å². The van der Waals surface area contributed by atoms with Gasteiger partial charge in [-0.25, -0.2) is 15.4 Å². The highest BCUT2D eigenvalue weighted by molar-refractivity contribution is 6.03. The minimum atomic E-state index is -0.876. The van der Waals surface area contributed by atoms with E-state index in [1.165, 1.54) is 0 Å². The maximum atomic E-state index is 12.0. The lowest BCUT2D eigenvalue weighted by Crippen LogP contribution is -2.33. The van der Waals surface area contributed by atoms with Crippen LogP contribution in [0.4, 0.5) is 0 Å². The van der Waals surface area contributed by atoms with Gasteiger partial charge in [0.2, 0.25) is 0 Å². The SMILES string of the molecule is Cc1ccc2oc(=O)c3cc(C(=O)NN)c(=O)oc3c2c1. The van der Waals surface area contributed by atoms with E-state index in [1.807, 2.05) is 12.3 Å². The Hall–Kier alpha value is -2.93. The number of nitrogen functional groups attached to an aromatic ring is 1. The minimum absolute atomic E-state index is 0.00583. The molecular formula is C14H10N2O5. The van der Waals surface area contributed by atoms with Crippen LogP contribution in [0.2, 0.25) is 0 Å². The third-order valence-corrected chi connectivity index (χ3v) is 3.13. The molecule has 1 amide bonds. The molecule has 1 aromatic carbocycles. The lowest BCUT2D eigenvalue weighted by atomic mass is 10.1. The molecule has 0 fully saturated rings. The maximum absolute atomic E-state index is 12.0. The van der Waals surface area contributed by atoms with Gasteiger partial charge in [0.1, 0.15) is 16.5 Å². The smallest absolute Gasteiger partial charge is 0.349 e. The minimum Gasteiger partial charge on any atom is -0.422 e. The van der Waals surface area contributed by atoms with Gasteiger partial charge >= 0.3 is 11.3 Å². The monoisotopic (exact) mass is 286 g/mol. The Bertz CT molecular complexity index is 1000. The van der Waals surface area contributed by atoms with Crippen molar-refractivity contribution in [3.8, 4) is 0 Å². The highest BCUT2D eigenvalue weighted by Crippen LogP contribution is 2.23. The summed E-state index contributed by atoms with van der Waals surface area (Å²) in [6.07, 6.45) is 0. The fraction of sp³-hybridized carbons (Fsp3) is 0.0714. The average molecular weight is 286 g/mol. The van der Waals surface area contributed by atoms with E-state index in [0.29, 0.717) is 11.0 Å². The van der Waals surface area contributed by atoms with Gasteiger partial charge in [-0.2, -0.15) is 0 Å². The summed E-state index contributed by atoms with van der Waals surface area (Å²) in [5, 5.41) is 0.493. The molecule has 21 heavy (non-hydrogen) atoms. The van der Waals surface area contributed by atoms with E-state index in [9.17, 15) is 14.4 Å². The fourth-order valence-electron chi connectivity index (χ4n) is 2.12. The lowest BCUT2D eigenvalue weighted by molar-refractivity contribution is 0.0950. The second-order valence-corrected chi connectivity index (χ2v) is 4.55. The van der Waals surface area contributed by atoms with Crippen LogP contribution in [0.25, 0.3) is 21.9 Å². The van der Waals surface area contributed by atoms with E-state index in [1.54, 1.807) is 18.2 Å². The second-order valence-electron chi connectivity index (χ2n) is 4.55. The molecule has 0 aliphatic rings. The average Bonchev–Trinajstić information content (AvgIpc) is 2.47. The standard InChI is InChI=1S/C14H10N2O5/c1-6-2-3-10-7(4-6)11-8(13(18)20-10)5-9(12(17)16-15)14(19)21-11/h2-5H,15H2,1H3,(H,16,17). The summed E-state index contributed by atoms with van der Waals surface area (Å²) >= 11 is 0. The van der Waals surface area contributed by atoms with Crippen molar-refractivity contribution in [3.05, 3.63) is 56.2 Å². The van der Waals surface area contributed by atoms with Gasteiger partial charge < -0.3 is 8.83 Å². The largest absolute Gasteiger partial charge is 0.422 e. The van der Waals surface area contributed by atoms with Gasteiger partial charge in [0.05, 0.1) is 5.39 Å². The molecule has 0 bridgehead atoms. The lowest BCUT2D eigenvalue weighted by Gasteiger charge is -2.04. The Morgan fingerprint density at radius 2 is 1.86 bits per heavy atom. The van der Waals surface area contributed by atoms with Gasteiger partial charge in [0, 0.05) is 0 Å². The summed E-state index contributed by atoms with van der Waals surface area (Å²) in [5.74, 6) is 4.15. The molecule has 106 valence electrons. The van der Waals surface area contributed by atoms with Crippen LogP contribution in [0.5, 0.6) is 0 Å². The van der Waals surface area contributed by atoms with Gasteiger partial charge in [-0.05, 0) is 25.1 Å². The van der Waals surface area contributed by atoms with Crippen molar-refractivity contribution >= 4 is 27.8 Å². The molecule has 3 rings (SSSR count). The predicted molar refractivity (Wildman–Crippen MR) is 74.9 cm³/mol. The molecule has 3 N–H and O–H groups in total. The summed E-state index contributed by atoms with van der Waals surface area (Å²) in [5.41, 5.74) is 1.19. The van der Waals surface area contributed by atoms with E-state index in [0.717, 1.165) is 11.6 Å². The number of amides is 1. The first-order valence-electron chi connectivity index (χ1n) is 6.03. The third kappa shape index (κ3) is 2.00. The van der Waals surface area contributed by atoms with Crippen LogP contribution < -0.4 is 22.5 Å². The normalized spacial score (nSPS) is 11.0. The molecule has 7 heteroatoms. The molecule has 0 aliphatic heterocycles. The first kappa shape index (κ1) is 13.1. The number of fused-ring (bicyclic) bond motifs is 3. The fourth-order valence-corrected chi connectivity index (χ4v) is 2.12. The van der Waals surface area contributed by atoms with Crippen LogP contribution >= 0.6 is 0 Å². The van der Waals surface area contributed by atoms with Crippen molar-refractivity contribution in [2.45, 2.75) is 6.92 Å². The van der Waals surface area contributed by atoms with Crippen LogP contribution in [0.15, 0.2) is 42.7 Å². The molecule has 0 saturated heterocycles. The number of carbonyl (C=O) groups is 1. The topological polar surface area (TPSA) is 116 Å². The summed E-state index contributed by atoms with van der Waals surface area (Å²) in [4.78, 5) is 35.3. The molecule has 0 atom stereocenters.